The van der Waals surface area contributed by atoms with Gasteiger partial charge in [-0.2, -0.15) is 4.31 Å². The van der Waals surface area contributed by atoms with Crippen LogP contribution in [0.25, 0.3) is 0 Å². The van der Waals surface area contributed by atoms with Crippen molar-refractivity contribution < 1.29 is 18.3 Å². The maximum Gasteiger partial charge on any atom is 0.243 e. The summed E-state index contributed by atoms with van der Waals surface area (Å²) in [4.78, 5) is 15.5. The number of hydrogen-bond acceptors (Lipinski definition) is 4. The van der Waals surface area contributed by atoms with Crippen molar-refractivity contribution in [2.75, 3.05) is 13.1 Å². The summed E-state index contributed by atoms with van der Waals surface area (Å²) in [6, 6.07) is 7.81. The Hall–Kier alpha value is -1.44. The van der Waals surface area contributed by atoms with Gasteiger partial charge in [-0.25, -0.2) is 8.42 Å². The van der Waals surface area contributed by atoms with Gasteiger partial charge in [0, 0.05) is 25.0 Å². The van der Waals surface area contributed by atoms with E-state index >= 15 is 0 Å². The van der Waals surface area contributed by atoms with Gasteiger partial charge in [-0.05, 0) is 50.7 Å². The zero-order valence-corrected chi connectivity index (χ0v) is 16.4. The summed E-state index contributed by atoms with van der Waals surface area (Å²) >= 11 is 0. The summed E-state index contributed by atoms with van der Waals surface area (Å²) in [7, 11) is -3.67. The Bertz CT molecular complexity index is 782. The molecule has 27 heavy (non-hydrogen) atoms. The lowest BCUT2D eigenvalue weighted by Crippen LogP contribution is -2.51. The molecule has 1 amide bonds. The molecule has 4 rings (SSSR count). The van der Waals surface area contributed by atoms with Crippen LogP contribution in [0.4, 0.5) is 0 Å². The molecule has 2 aliphatic heterocycles. The molecule has 1 aliphatic carbocycles. The summed E-state index contributed by atoms with van der Waals surface area (Å²) in [6.07, 6.45) is 5.53. The van der Waals surface area contributed by atoms with Gasteiger partial charge in [0.25, 0.3) is 0 Å². The maximum atomic E-state index is 13.3. The molecular formula is C20H28N2O4S. The average Bonchev–Trinajstić information content (AvgIpc) is 3.41. The molecule has 6 nitrogen and oxygen atoms in total. The van der Waals surface area contributed by atoms with Crippen LogP contribution in [0.5, 0.6) is 0 Å². The molecule has 3 fully saturated rings. The minimum absolute atomic E-state index is 0.0527. The quantitative estimate of drug-likeness (QED) is 0.850. The number of amides is 1. The van der Waals surface area contributed by atoms with Crippen LogP contribution in [-0.4, -0.2) is 59.9 Å². The highest BCUT2D eigenvalue weighted by Gasteiger charge is 2.46. The molecule has 1 aromatic rings. The van der Waals surface area contributed by atoms with Crippen molar-refractivity contribution in [3.05, 3.63) is 30.3 Å². The molecule has 148 valence electrons. The molecule has 7 heteroatoms. The third kappa shape index (κ3) is 3.41. The first-order valence-electron chi connectivity index (χ1n) is 10.1. The minimum Gasteiger partial charge on any atom is -0.393 e. The molecule has 0 bridgehead atoms. The van der Waals surface area contributed by atoms with Gasteiger partial charge in [0.2, 0.25) is 15.9 Å². The average molecular weight is 393 g/mol. The molecule has 4 atom stereocenters. The lowest BCUT2D eigenvalue weighted by molar-refractivity contribution is -0.137. The standard InChI is InChI=1S/C20H28N2O4S/c23-19-12-4-9-16(19)17-10-5-13-21(17)20(24)18-11-6-14-22(18)27(25,26)15-7-2-1-3-8-15/h1-3,7-8,16-19,23H,4-6,9-14H2. The van der Waals surface area contributed by atoms with Crippen LogP contribution in [0, 0.1) is 5.92 Å². The van der Waals surface area contributed by atoms with Crippen molar-refractivity contribution in [1.29, 1.82) is 0 Å². The van der Waals surface area contributed by atoms with Crippen molar-refractivity contribution in [2.24, 2.45) is 5.92 Å². The topological polar surface area (TPSA) is 77.9 Å². The van der Waals surface area contributed by atoms with Crippen LogP contribution in [0.1, 0.15) is 44.9 Å². The molecule has 1 aromatic carbocycles. The summed E-state index contributed by atoms with van der Waals surface area (Å²) in [5.74, 6) is 0.0608. The van der Waals surface area contributed by atoms with E-state index in [-0.39, 0.29) is 28.9 Å². The largest absolute Gasteiger partial charge is 0.393 e. The number of benzene rings is 1. The SMILES string of the molecule is O=C(C1CCCN1S(=O)(=O)c1ccccc1)N1CCCC1C1CCCC1O. The van der Waals surface area contributed by atoms with Gasteiger partial charge in [0.05, 0.1) is 11.0 Å². The molecule has 0 aromatic heterocycles. The number of aliphatic hydroxyl groups excluding tert-OH is 1. The van der Waals surface area contributed by atoms with Crippen LogP contribution < -0.4 is 0 Å². The molecule has 4 unspecified atom stereocenters. The van der Waals surface area contributed by atoms with Gasteiger partial charge < -0.3 is 10.0 Å². The molecular weight excluding hydrogens is 364 g/mol. The second-order valence-corrected chi connectivity index (χ2v) is 9.88. The highest BCUT2D eigenvalue weighted by molar-refractivity contribution is 7.89. The van der Waals surface area contributed by atoms with E-state index in [1.807, 2.05) is 4.90 Å². The Morgan fingerprint density at radius 2 is 1.70 bits per heavy atom. The number of aliphatic hydroxyl groups is 1. The smallest absolute Gasteiger partial charge is 0.243 e. The van der Waals surface area contributed by atoms with Crippen molar-refractivity contribution in [3.8, 4) is 0 Å². The number of nitrogens with zero attached hydrogens (tertiary/aromatic N) is 2. The van der Waals surface area contributed by atoms with Gasteiger partial charge in [-0.3, -0.25) is 4.79 Å². The first-order valence-corrected chi connectivity index (χ1v) is 11.5. The highest BCUT2D eigenvalue weighted by Crippen LogP contribution is 2.37. The lowest BCUT2D eigenvalue weighted by atomic mass is 9.93. The summed E-state index contributed by atoms with van der Waals surface area (Å²) < 4.78 is 27.5. The molecule has 2 saturated heterocycles. The summed E-state index contributed by atoms with van der Waals surface area (Å²) in [6.45, 7) is 1.06. The number of carbonyl (C=O) groups is 1. The van der Waals surface area contributed by atoms with Crippen LogP contribution in [-0.2, 0) is 14.8 Å². The van der Waals surface area contributed by atoms with Crippen LogP contribution in [0.2, 0.25) is 0 Å². The molecule has 1 N–H and O–H groups in total. The van der Waals surface area contributed by atoms with Gasteiger partial charge in [0.1, 0.15) is 6.04 Å². The third-order valence-electron chi connectivity index (χ3n) is 6.45. The Morgan fingerprint density at radius 3 is 2.41 bits per heavy atom. The van der Waals surface area contributed by atoms with Crippen LogP contribution in [0.15, 0.2) is 35.2 Å². The van der Waals surface area contributed by atoms with E-state index in [4.69, 9.17) is 0 Å². The van der Waals surface area contributed by atoms with E-state index in [2.05, 4.69) is 0 Å². The van der Waals surface area contributed by atoms with E-state index in [0.717, 1.165) is 32.1 Å². The fourth-order valence-electron chi connectivity index (χ4n) is 5.12. The van der Waals surface area contributed by atoms with Crippen LogP contribution in [0.3, 0.4) is 0 Å². The van der Waals surface area contributed by atoms with E-state index in [9.17, 15) is 18.3 Å². The Kier molecular flexibility index (Phi) is 5.27. The predicted octanol–water partition coefficient (Wildman–Crippen LogP) is 1.99. The number of hydrogen-bond donors (Lipinski definition) is 1. The fraction of sp³-hybridized carbons (Fsp3) is 0.650. The lowest BCUT2D eigenvalue weighted by Gasteiger charge is -2.34. The van der Waals surface area contributed by atoms with Crippen molar-refractivity contribution >= 4 is 15.9 Å². The van der Waals surface area contributed by atoms with Crippen molar-refractivity contribution in [1.82, 2.24) is 9.21 Å². The van der Waals surface area contributed by atoms with Gasteiger partial charge >= 0.3 is 0 Å². The fourth-order valence-corrected chi connectivity index (χ4v) is 6.80. The predicted molar refractivity (Wildman–Crippen MR) is 101 cm³/mol. The molecule has 2 heterocycles. The van der Waals surface area contributed by atoms with Gasteiger partial charge in [-0.1, -0.05) is 24.6 Å². The zero-order chi connectivity index (χ0) is 19.0. The maximum absolute atomic E-state index is 13.3. The van der Waals surface area contributed by atoms with E-state index in [0.29, 0.717) is 25.9 Å². The number of sulfonamides is 1. The number of likely N-dealkylation sites (tertiary alicyclic amines) is 1. The Balaban J connectivity index is 1.56. The van der Waals surface area contributed by atoms with E-state index in [1.165, 1.54) is 4.31 Å². The van der Waals surface area contributed by atoms with Crippen molar-refractivity contribution in [3.63, 3.8) is 0 Å². The Labute approximate surface area is 161 Å². The van der Waals surface area contributed by atoms with E-state index < -0.39 is 16.1 Å². The number of carbonyl (C=O) groups excluding carboxylic acids is 1. The summed E-state index contributed by atoms with van der Waals surface area (Å²) in [5, 5.41) is 10.3. The monoisotopic (exact) mass is 392 g/mol. The highest BCUT2D eigenvalue weighted by atomic mass is 32.2. The van der Waals surface area contributed by atoms with E-state index in [1.54, 1.807) is 30.3 Å². The van der Waals surface area contributed by atoms with Crippen molar-refractivity contribution in [2.45, 2.75) is 68.0 Å². The molecule has 0 spiro atoms. The first-order chi connectivity index (χ1) is 13.0. The van der Waals surface area contributed by atoms with Gasteiger partial charge in [0.15, 0.2) is 0 Å². The third-order valence-corrected chi connectivity index (χ3v) is 8.37. The second-order valence-electron chi connectivity index (χ2n) is 7.99. The Morgan fingerprint density at radius 1 is 0.963 bits per heavy atom. The number of rotatable bonds is 4. The summed E-state index contributed by atoms with van der Waals surface area (Å²) in [5.41, 5.74) is 0. The van der Waals surface area contributed by atoms with Crippen LogP contribution >= 0.6 is 0 Å². The molecule has 3 aliphatic rings. The molecule has 0 radical (unpaired) electrons. The second kappa shape index (κ2) is 7.53. The first kappa shape index (κ1) is 18.9. The zero-order valence-electron chi connectivity index (χ0n) is 15.5. The van der Waals surface area contributed by atoms with Gasteiger partial charge in [-0.15, -0.1) is 0 Å². The molecule has 1 saturated carbocycles. The minimum atomic E-state index is -3.67. The normalized spacial score (nSPS) is 32.3.